The van der Waals surface area contributed by atoms with Crippen LogP contribution in [-0.4, -0.2) is 18.6 Å². The van der Waals surface area contributed by atoms with Gasteiger partial charge in [-0.05, 0) is 24.3 Å². The lowest BCUT2D eigenvalue weighted by Gasteiger charge is -2.14. The van der Waals surface area contributed by atoms with E-state index >= 15 is 0 Å². The molecule has 0 fully saturated rings. The van der Waals surface area contributed by atoms with E-state index in [9.17, 15) is 9.18 Å². The number of halogens is 3. The molecule has 1 aliphatic rings. The van der Waals surface area contributed by atoms with Crippen LogP contribution in [0.25, 0.3) is 11.1 Å². The summed E-state index contributed by atoms with van der Waals surface area (Å²) in [6.07, 6.45) is 0.276. The Hall–Kier alpha value is -1.78. The zero-order chi connectivity index (χ0) is 16.6. The molecule has 3 nitrogen and oxygen atoms in total. The van der Waals surface area contributed by atoms with Crippen LogP contribution in [0.4, 0.5) is 4.39 Å². The third-order valence-electron chi connectivity index (χ3n) is 3.67. The van der Waals surface area contributed by atoms with E-state index in [1.54, 1.807) is 18.2 Å². The number of amides is 1. The lowest BCUT2D eigenvalue weighted by atomic mass is 10.00. The van der Waals surface area contributed by atoms with Gasteiger partial charge in [0, 0.05) is 30.0 Å². The summed E-state index contributed by atoms with van der Waals surface area (Å²) in [7, 11) is 0. The van der Waals surface area contributed by atoms with Gasteiger partial charge in [0.1, 0.15) is 17.7 Å². The summed E-state index contributed by atoms with van der Waals surface area (Å²) in [4.78, 5) is 11.0. The van der Waals surface area contributed by atoms with Crippen LogP contribution in [0.15, 0.2) is 30.3 Å². The summed E-state index contributed by atoms with van der Waals surface area (Å²) in [5.74, 6) is 0.0559. The topological polar surface area (TPSA) is 38.3 Å². The first-order valence-corrected chi connectivity index (χ1v) is 7.89. The van der Waals surface area contributed by atoms with Crippen molar-refractivity contribution >= 4 is 29.1 Å². The summed E-state index contributed by atoms with van der Waals surface area (Å²) < 4.78 is 19.9. The molecule has 6 heteroatoms. The smallest absolute Gasteiger partial charge is 0.217 e. The average Bonchev–Trinajstić information content (AvgIpc) is 2.87. The first kappa shape index (κ1) is 16.1. The molecule has 0 bridgehead atoms. The van der Waals surface area contributed by atoms with E-state index in [-0.39, 0.29) is 17.8 Å². The van der Waals surface area contributed by atoms with Crippen molar-refractivity contribution in [1.82, 2.24) is 5.32 Å². The number of fused-ring (bicyclic) bond motifs is 1. The van der Waals surface area contributed by atoms with Crippen molar-refractivity contribution in [1.29, 1.82) is 0 Å². The van der Waals surface area contributed by atoms with Gasteiger partial charge in [-0.15, -0.1) is 0 Å². The second kappa shape index (κ2) is 6.38. The molecule has 120 valence electrons. The lowest BCUT2D eigenvalue weighted by Crippen LogP contribution is -2.32. The molecule has 0 radical (unpaired) electrons. The zero-order valence-electron chi connectivity index (χ0n) is 12.3. The maximum Gasteiger partial charge on any atom is 0.217 e. The van der Waals surface area contributed by atoms with E-state index in [1.165, 1.54) is 19.1 Å². The van der Waals surface area contributed by atoms with E-state index in [1.807, 2.05) is 0 Å². The minimum absolute atomic E-state index is 0.134. The first-order chi connectivity index (χ1) is 11.0. The second-order valence-corrected chi connectivity index (χ2v) is 6.23. The van der Waals surface area contributed by atoms with E-state index in [0.29, 0.717) is 39.9 Å². The third-order valence-corrected chi connectivity index (χ3v) is 4.30. The van der Waals surface area contributed by atoms with Crippen LogP contribution in [0, 0.1) is 5.82 Å². The largest absolute Gasteiger partial charge is 0.487 e. The molecule has 1 N–H and O–H groups in total. The molecule has 3 rings (SSSR count). The van der Waals surface area contributed by atoms with Gasteiger partial charge >= 0.3 is 0 Å². The van der Waals surface area contributed by atoms with Crippen molar-refractivity contribution in [2.24, 2.45) is 0 Å². The number of rotatable bonds is 3. The molecule has 0 saturated carbocycles. The number of carbonyl (C=O) groups is 1. The van der Waals surface area contributed by atoms with Gasteiger partial charge in [-0.1, -0.05) is 29.3 Å². The standard InChI is InChI=1S/C17H14Cl2FNO2/c1-9(22)21-8-12-6-10-5-11(20)7-13(17(10)23-12)16-14(18)3-2-4-15(16)19/h2-5,7,12H,6,8H2,1H3,(H,21,22)/t12-/m1/s1. The monoisotopic (exact) mass is 353 g/mol. The summed E-state index contributed by atoms with van der Waals surface area (Å²) >= 11 is 12.5. The van der Waals surface area contributed by atoms with Crippen LogP contribution in [0.2, 0.25) is 10.0 Å². The van der Waals surface area contributed by atoms with E-state index in [0.717, 1.165) is 5.56 Å². The highest BCUT2D eigenvalue weighted by atomic mass is 35.5. The van der Waals surface area contributed by atoms with E-state index in [4.69, 9.17) is 27.9 Å². The molecule has 0 unspecified atom stereocenters. The van der Waals surface area contributed by atoms with Crippen molar-refractivity contribution in [2.75, 3.05) is 6.54 Å². The molecule has 1 atom stereocenters. The second-order valence-electron chi connectivity index (χ2n) is 5.42. The lowest BCUT2D eigenvalue weighted by molar-refractivity contribution is -0.119. The van der Waals surface area contributed by atoms with Gasteiger partial charge in [-0.2, -0.15) is 0 Å². The van der Waals surface area contributed by atoms with Crippen molar-refractivity contribution in [3.05, 3.63) is 51.8 Å². The SMILES string of the molecule is CC(=O)NC[C@H]1Cc2cc(F)cc(-c3c(Cl)cccc3Cl)c2O1. The molecule has 2 aromatic carbocycles. The van der Waals surface area contributed by atoms with Crippen molar-refractivity contribution in [3.8, 4) is 16.9 Å². The Morgan fingerprint density at radius 3 is 2.70 bits per heavy atom. The number of nitrogens with one attached hydrogen (secondary N) is 1. The predicted molar refractivity (Wildman–Crippen MR) is 88.7 cm³/mol. The molecule has 1 heterocycles. The van der Waals surface area contributed by atoms with Crippen LogP contribution < -0.4 is 10.1 Å². The Kier molecular flexibility index (Phi) is 4.46. The first-order valence-electron chi connectivity index (χ1n) is 7.13. The molecular weight excluding hydrogens is 340 g/mol. The van der Waals surface area contributed by atoms with Crippen molar-refractivity contribution in [2.45, 2.75) is 19.4 Å². The minimum Gasteiger partial charge on any atom is -0.487 e. The summed E-state index contributed by atoms with van der Waals surface area (Å²) in [6, 6.07) is 7.94. The van der Waals surface area contributed by atoms with Gasteiger partial charge in [-0.3, -0.25) is 4.79 Å². The highest BCUT2D eigenvalue weighted by molar-refractivity contribution is 6.39. The number of ether oxygens (including phenoxy) is 1. The van der Waals surface area contributed by atoms with Gasteiger partial charge in [-0.25, -0.2) is 4.39 Å². The Bertz CT molecular complexity index is 759. The molecule has 23 heavy (non-hydrogen) atoms. The van der Waals surface area contributed by atoms with Gasteiger partial charge in [0.25, 0.3) is 0 Å². The van der Waals surface area contributed by atoms with E-state index in [2.05, 4.69) is 5.32 Å². The van der Waals surface area contributed by atoms with Crippen LogP contribution >= 0.6 is 23.2 Å². The molecular formula is C17H14Cl2FNO2. The molecule has 0 spiro atoms. The highest BCUT2D eigenvalue weighted by Crippen LogP contribution is 2.44. The predicted octanol–water partition coefficient (Wildman–Crippen LogP) is 4.24. The van der Waals surface area contributed by atoms with E-state index < -0.39 is 0 Å². The number of carbonyl (C=O) groups excluding carboxylic acids is 1. The van der Waals surface area contributed by atoms with Gasteiger partial charge < -0.3 is 10.1 Å². The fourth-order valence-corrected chi connectivity index (χ4v) is 3.31. The maximum absolute atomic E-state index is 14.0. The maximum atomic E-state index is 14.0. The third kappa shape index (κ3) is 3.28. The van der Waals surface area contributed by atoms with Crippen LogP contribution in [0.1, 0.15) is 12.5 Å². The Morgan fingerprint density at radius 1 is 1.35 bits per heavy atom. The molecule has 1 amide bonds. The van der Waals surface area contributed by atoms with Crippen LogP contribution in [0.5, 0.6) is 5.75 Å². The van der Waals surface area contributed by atoms with Gasteiger partial charge in [0.05, 0.1) is 16.6 Å². The minimum atomic E-state index is -0.376. The quantitative estimate of drug-likeness (QED) is 0.896. The average molecular weight is 354 g/mol. The molecule has 0 saturated heterocycles. The van der Waals surface area contributed by atoms with Crippen molar-refractivity contribution < 1.29 is 13.9 Å². The Balaban J connectivity index is 2.01. The summed E-state index contributed by atoms with van der Waals surface area (Å²) in [5.41, 5.74) is 1.82. The summed E-state index contributed by atoms with van der Waals surface area (Å²) in [5, 5.41) is 3.57. The molecule has 0 aromatic heterocycles. The number of hydrogen-bond acceptors (Lipinski definition) is 2. The molecule has 1 aliphatic heterocycles. The Morgan fingerprint density at radius 2 is 2.04 bits per heavy atom. The number of hydrogen-bond donors (Lipinski definition) is 1. The fourth-order valence-electron chi connectivity index (χ4n) is 2.71. The summed E-state index contributed by atoms with van der Waals surface area (Å²) in [6.45, 7) is 1.80. The fraction of sp³-hybridized carbons (Fsp3) is 0.235. The van der Waals surface area contributed by atoms with Gasteiger partial charge in [0.2, 0.25) is 5.91 Å². The Labute approximate surface area is 143 Å². The molecule has 0 aliphatic carbocycles. The van der Waals surface area contributed by atoms with Crippen LogP contribution in [-0.2, 0) is 11.2 Å². The van der Waals surface area contributed by atoms with Crippen molar-refractivity contribution in [3.63, 3.8) is 0 Å². The normalized spacial score (nSPS) is 15.9. The number of benzene rings is 2. The molecule has 2 aromatic rings. The van der Waals surface area contributed by atoms with Crippen LogP contribution in [0.3, 0.4) is 0 Å². The zero-order valence-corrected chi connectivity index (χ0v) is 13.8. The highest BCUT2D eigenvalue weighted by Gasteiger charge is 2.28. The van der Waals surface area contributed by atoms with Gasteiger partial charge in [0.15, 0.2) is 0 Å².